The van der Waals surface area contributed by atoms with Crippen LogP contribution in [-0.2, 0) is 12.8 Å². The summed E-state index contributed by atoms with van der Waals surface area (Å²) in [6.45, 7) is 4.39. The first-order valence-corrected chi connectivity index (χ1v) is 8.47. The molecule has 0 saturated carbocycles. The highest BCUT2D eigenvalue weighted by Gasteiger charge is 2.04. The summed E-state index contributed by atoms with van der Waals surface area (Å²) in [5.41, 5.74) is 2.64. The van der Waals surface area contributed by atoms with E-state index in [2.05, 4.69) is 56.3 Å². The van der Waals surface area contributed by atoms with Crippen molar-refractivity contribution < 1.29 is 0 Å². The molecule has 0 heterocycles. The summed E-state index contributed by atoms with van der Waals surface area (Å²) in [6.07, 6.45) is 4.55. The predicted octanol–water partition coefficient (Wildman–Crippen LogP) is 6.40. The van der Waals surface area contributed by atoms with Crippen molar-refractivity contribution in [3.63, 3.8) is 0 Å². The van der Waals surface area contributed by atoms with Gasteiger partial charge in [-0.1, -0.05) is 61.8 Å². The molecule has 0 unspecified atom stereocenters. The van der Waals surface area contributed by atoms with Gasteiger partial charge < -0.3 is 0 Å². The zero-order valence-electron chi connectivity index (χ0n) is 12.2. The van der Waals surface area contributed by atoms with Gasteiger partial charge in [0.25, 0.3) is 0 Å². The third-order valence-electron chi connectivity index (χ3n) is 3.37. The van der Waals surface area contributed by atoms with Gasteiger partial charge in [0, 0.05) is 14.8 Å². The molecule has 20 heavy (non-hydrogen) atoms. The zero-order valence-corrected chi connectivity index (χ0v) is 13.7. The van der Waals surface area contributed by atoms with E-state index in [1.165, 1.54) is 33.8 Å². The van der Waals surface area contributed by atoms with Crippen LogP contribution in [0.2, 0.25) is 5.02 Å². The Balaban J connectivity index is 2.11. The van der Waals surface area contributed by atoms with Crippen LogP contribution in [0.4, 0.5) is 0 Å². The molecule has 0 amide bonds. The first-order valence-electron chi connectivity index (χ1n) is 7.28. The molecule has 0 aliphatic carbocycles. The van der Waals surface area contributed by atoms with Crippen molar-refractivity contribution in [3.05, 3.63) is 58.6 Å². The molecular weight excluding hydrogens is 284 g/mol. The molecule has 0 saturated heterocycles. The molecule has 0 aliphatic rings. The molecule has 2 heteroatoms. The Bertz CT molecular complexity index is 563. The van der Waals surface area contributed by atoms with Crippen molar-refractivity contribution in [2.24, 2.45) is 0 Å². The summed E-state index contributed by atoms with van der Waals surface area (Å²) in [5, 5.41) is 0.898. The number of hydrogen-bond donors (Lipinski definition) is 0. The summed E-state index contributed by atoms with van der Waals surface area (Å²) in [6, 6.07) is 15.1. The molecule has 0 aromatic heterocycles. The number of aryl methyl sites for hydroxylation is 2. The number of unbranched alkanes of at least 4 members (excludes halogenated alkanes) is 1. The molecule has 106 valence electrons. The van der Waals surface area contributed by atoms with Gasteiger partial charge in [0.15, 0.2) is 0 Å². The maximum absolute atomic E-state index is 6.38. The van der Waals surface area contributed by atoms with E-state index < -0.39 is 0 Å². The van der Waals surface area contributed by atoms with Gasteiger partial charge in [-0.15, -0.1) is 0 Å². The van der Waals surface area contributed by atoms with Crippen LogP contribution in [0.3, 0.4) is 0 Å². The van der Waals surface area contributed by atoms with E-state index in [1.807, 2.05) is 0 Å². The van der Waals surface area contributed by atoms with Crippen molar-refractivity contribution in [2.45, 2.75) is 49.3 Å². The molecule has 0 fully saturated rings. The monoisotopic (exact) mass is 304 g/mol. The molecule has 0 radical (unpaired) electrons. The lowest BCUT2D eigenvalue weighted by atomic mass is 10.1. The maximum Gasteiger partial charge on any atom is 0.0449 e. The molecule has 2 aromatic carbocycles. The average molecular weight is 305 g/mol. The van der Waals surface area contributed by atoms with Gasteiger partial charge in [0.2, 0.25) is 0 Å². The quantitative estimate of drug-likeness (QED) is 0.595. The Morgan fingerprint density at radius 2 is 1.80 bits per heavy atom. The van der Waals surface area contributed by atoms with Gasteiger partial charge >= 0.3 is 0 Å². The smallest absolute Gasteiger partial charge is 0.0449 e. The highest BCUT2D eigenvalue weighted by atomic mass is 35.5. The summed E-state index contributed by atoms with van der Waals surface area (Å²) in [5.74, 6) is 0. The summed E-state index contributed by atoms with van der Waals surface area (Å²) in [7, 11) is 0. The van der Waals surface area contributed by atoms with E-state index >= 15 is 0 Å². The van der Waals surface area contributed by atoms with Crippen LogP contribution in [-0.4, -0.2) is 0 Å². The van der Waals surface area contributed by atoms with Crippen molar-refractivity contribution in [2.75, 3.05) is 0 Å². The molecule has 0 bridgehead atoms. The minimum absolute atomic E-state index is 0.898. The second-order valence-electron chi connectivity index (χ2n) is 4.96. The Kier molecular flexibility index (Phi) is 6.00. The van der Waals surface area contributed by atoms with Gasteiger partial charge in [0.1, 0.15) is 0 Å². The minimum Gasteiger partial charge on any atom is -0.0900 e. The number of halogens is 1. The second-order valence-corrected chi connectivity index (χ2v) is 6.51. The predicted molar refractivity (Wildman–Crippen MR) is 90.0 cm³/mol. The van der Waals surface area contributed by atoms with Crippen LogP contribution in [0.15, 0.2) is 52.3 Å². The van der Waals surface area contributed by atoms with Crippen LogP contribution in [0.5, 0.6) is 0 Å². The molecule has 0 N–H and O–H groups in total. The molecule has 0 nitrogen and oxygen atoms in total. The average Bonchev–Trinajstić information content (AvgIpc) is 2.47. The van der Waals surface area contributed by atoms with E-state index in [-0.39, 0.29) is 0 Å². The van der Waals surface area contributed by atoms with Gasteiger partial charge in [-0.2, -0.15) is 0 Å². The molecule has 2 aromatic rings. The lowest BCUT2D eigenvalue weighted by Gasteiger charge is -2.07. The number of hydrogen-bond acceptors (Lipinski definition) is 1. The van der Waals surface area contributed by atoms with Crippen molar-refractivity contribution in [3.8, 4) is 0 Å². The molecule has 0 spiro atoms. The Morgan fingerprint density at radius 1 is 1.00 bits per heavy atom. The Morgan fingerprint density at radius 3 is 2.50 bits per heavy atom. The van der Waals surface area contributed by atoms with Gasteiger partial charge in [-0.25, -0.2) is 0 Å². The summed E-state index contributed by atoms with van der Waals surface area (Å²) >= 11 is 8.16. The normalized spacial score (nSPS) is 10.8. The van der Waals surface area contributed by atoms with Crippen molar-refractivity contribution in [1.82, 2.24) is 0 Å². The van der Waals surface area contributed by atoms with E-state index in [0.717, 1.165) is 17.9 Å². The summed E-state index contributed by atoms with van der Waals surface area (Å²) < 4.78 is 0. The van der Waals surface area contributed by atoms with Gasteiger partial charge in [-0.05, 0) is 54.7 Å². The molecule has 0 aliphatic heterocycles. The first kappa shape index (κ1) is 15.5. The molecule has 2 rings (SSSR count). The highest BCUT2D eigenvalue weighted by Crippen LogP contribution is 2.31. The lowest BCUT2D eigenvalue weighted by Crippen LogP contribution is -1.87. The Labute approximate surface area is 131 Å². The van der Waals surface area contributed by atoms with Crippen LogP contribution in [0.25, 0.3) is 0 Å². The van der Waals surface area contributed by atoms with Gasteiger partial charge in [-0.3, -0.25) is 0 Å². The first-order chi connectivity index (χ1) is 9.72. The van der Waals surface area contributed by atoms with Crippen molar-refractivity contribution in [1.29, 1.82) is 0 Å². The minimum atomic E-state index is 0.898. The standard InChI is InChI=1S/C18H21ClS/c1-3-5-8-15-10-11-17(13-18(15)19)20-16-9-6-7-14(4-2)12-16/h6-7,9-13H,3-5,8H2,1-2H3. The third kappa shape index (κ3) is 4.29. The second kappa shape index (κ2) is 7.75. The van der Waals surface area contributed by atoms with Crippen LogP contribution < -0.4 is 0 Å². The topological polar surface area (TPSA) is 0 Å². The molecule has 0 atom stereocenters. The maximum atomic E-state index is 6.38. The van der Waals surface area contributed by atoms with E-state index in [1.54, 1.807) is 11.8 Å². The van der Waals surface area contributed by atoms with Crippen molar-refractivity contribution >= 4 is 23.4 Å². The van der Waals surface area contributed by atoms with E-state index in [0.29, 0.717) is 0 Å². The highest BCUT2D eigenvalue weighted by molar-refractivity contribution is 7.99. The third-order valence-corrected chi connectivity index (χ3v) is 4.70. The van der Waals surface area contributed by atoms with E-state index in [4.69, 9.17) is 11.6 Å². The SMILES string of the molecule is CCCCc1ccc(Sc2cccc(CC)c2)cc1Cl. The number of benzene rings is 2. The Hall–Kier alpha value is -0.920. The van der Waals surface area contributed by atoms with Gasteiger partial charge in [0.05, 0.1) is 0 Å². The summed E-state index contributed by atoms with van der Waals surface area (Å²) in [4.78, 5) is 2.49. The van der Waals surface area contributed by atoms with Crippen LogP contribution >= 0.6 is 23.4 Å². The van der Waals surface area contributed by atoms with Crippen LogP contribution in [0.1, 0.15) is 37.8 Å². The fourth-order valence-electron chi connectivity index (χ4n) is 2.13. The van der Waals surface area contributed by atoms with Crippen LogP contribution in [0, 0.1) is 0 Å². The lowest BCUT2D eigenvalue weighted by molar-refractivity contribution is 0.794. The fraction of sp³-hybridized carbons (Fsp3) is 0.333. The van der Waals surface area contributed by atoms with E-state index in [9.17, 15) is 0 Å². The fourth-order valence-corrected chi connectivity index (χ4v) is 3.41. The molecular formula is C18H21ClS. The zero-order chi connectivity index (χ0) is 14.4. The number of rotatable bonds is 6. The largest absolute Gasteiger partial charge is 0.0900 e.